The minimum atomic E-state index is -4.35. The predicted octanol–water partition coefficient (Wildman–Crippen LogP) is 6.91. The Morgan fingerprint density at radius 2 is 1.77 bits per heavy atom. The summed E-state index contributed by atoms with van der Waals surface area (Å²) in [6.45, 7) is 3.90. The van der Waals surface area contributed by atoms with Crippen LogP contribution in [0.15, 0.2) is 53.4 Å². The Balaban J connectivity index is 1.43. The molecule has 0 radical (unpaired) electrons. The molecule has 228 valence electrons. The summed E-state index contributed by atoms with van der Waals surface area (Å²) in [6.07, 6.45) is -3.06. The third-order valence-electron chi connectivity index (χ3n) is 9.13. The van der Waals surface area contributed by atoms with Crippen molar-refractivity contribution in [2.75, 3.05) is 25.4 Å². The molecule has 0 saturated heterocycles. The third kappa shape index (κ3) is 5.93. The van der Waals surface area contributed by atoms with E-state index in [4.69, 9.17) is 9.72 Å². The highest BCUT2D eigenvalue weighted by Crippen LogP contribution is 2.61. The number of nitrogens with zero attached hydrogens (tertiary/aromatic N) is 4. The van der Waals surface area contributed by atoms with Gasteiger partial charge in [-0.1, -0.05) is 24.3 Å². The lowest BCUT2D eigenvalue weighted by molar-refractivity contribution is -0.193. The second-order valence-electron chi connectivity index (χ2n) is 12.3. The molecule has 2 fully saturated rings. The number of alkyl halides is 3. The number of rotatable bonds is 5. The van der Waals surface area contributed by atoms with Gasteiger partial charge in [-0.3, -0.25) is 9.52 Å². The lowest BCUT2D eigenvalue weighted by atomic mass is 9.82. The van der Waals surface area contributed by atoms with Crippen LogP contribution in [0.3, 0.4) is 0 Å². The quantitative estimate of drug-likeness (QED) is 0.315. The summed E-state index contributed by atoms with van der Waals surface area (Å²) in [4.78, 5) is 28.1. The molecule has 1 aliphatic heterocycles. The van der Waals surface area contributed by atoms with Crippen LogP contribution in [0.4, 0.5) is 19.1 Å². The first-order valence-electron chi connectivity index (χ1n) is 14.6. The third-order valence-corrected chi connectivity index (χ3v) is 9.90. The molecular weight excluding hydrogens is 575 g/mol. The highest BCUT2D eigenvalue weighted by atomic mass is 32.2. The first-order valence-corrected chi connectivity index (χ1v) is 15.4. The largest absolute Gasteiger partial charge is 0.475 e. The van der Waals surface area contributed by atoms with Crippen molar-refractivity contribution in [2.24, 2.45) is 5.41 Å². The van der Waals surface area contributed by atoms with Gasteiger partial charge in [0.15, 0.2) is 0 Å². The SMILES string of the molecule is Cc1cccc(C)c1-c1cc2nc(n1)NSc1cccc(c1)C(=O)N(C1CC(N(C)C)C1)C(CC1(C(F)(F)F)CC1)CO2. The second kappa shape index (κ2) is 11.3. The number of ether oxygens (including phenoxy) is 1. The van der Waals surface area contributed by atoms with Gasteiger partial charge in [0, 0.05) is 34.2 Å². The van der Waals surface area contributed by atoms with Gasteiger partial charge in [0.2, 0.25) is 11.8 Å². The molecule has 1 amide bonds. The van der Waals surface area contributed by atoms with E-state index in [1.165, 1.54) is 11.9 Å². The molecule has 2 saturated carbocycles. The van der Waals surface area contributed by atoms with Crippen molar-refractivity contribution in [1.29, 1.82) is 0 Å². The summed E-state index contributed by atoms with van der Waals surface area (Å²) >= 11 is 1.27. The number of fused-ring (bicyclic) bond motifs is 4. The van der Waals surface area contributed by atoms with Crippen molar-refractivity contribution in [3.8, 4) is 17.1 Å². The van der Waals surface area contributed by atoms with Gasteiger partial charge in [-0.2, -0.15) is 18.2 Å². The molecule has 0 spiro atoms. The molecular formula is C32H36F3N5O2S. The number of anilines is 1. The van der Waals surface area contributed by atoms with Crippen LogP contribution in [0.25, 0.3) is 11.3 Å². The van der Waals surface area contributed by atoms with E-state index in [1.54, 1.807) is 29.2 Å². The highest BCUT2D eigenvalue weighted by Gasteiger charge is 2.64. The lowest BCUT2D eigenvalue weighted by Crippen LogP contribution is -2.59. The number of aromatic nitrogens is 2. The normalized spacial score (nSPS) is 23.3. The highest BCUT2D eigenvalue weighted by molar-refractivity contribution is 8.00. The van der Waals surface area contributed by atoms with Gasteiger partial charge in [0.1, 0.15) is 6.61 Å². The maximum Gasteiger partial charge on any atom is 0.394 e. The fourth-order valence-corrected chi connectivity index (χ4v) is 6.93. The van der Waals surface area contributed by atoms with Crippen molar-refractivity contribution in [2.45, 2.75) is 75.1 Å². The van der Waals surface area contributed by atoms with Gasteiger partial charge < -0.3 is 14.5 Å². The summed E-state index contributed by atoms with van der Waals surface area (Å²) in [6, 6.07) is 14.2. The fourth-order valence-electron chi connectivity index (χ4n) is 6.30. The first-order chi connectivity index (χ1) is 20.4. The van der Waals surface area contributed by atoms with Crippen LogP contribution in [-0.4, -0.2) is 70.7 Å². The average molecular weight is 612 g/mol. The number of carbonyl (C=O) groups excluding carboxylic acids is 1. The Labute approximate surface area is 254 Å². The van der Waals surface area contributed by atoms with Gasteiger partial charge >= 0.3 is 6.18 Å². The predicted molar refractivity (Wildman–Crippen MR) is 161 cm³/mol. The second-order valence-corrected chi connectivity index (χ2v) is 13.2. The summed E-state index contributed by atoms with van der Waals surface area (Å²) in [7, 11) is 3.97. The van der Waals surface area contributed by atoms with E-state index in [0.29, 0.717) is 30.0 Å². The van der Waals surface area contributed by atoms with Crippen molar-refractivity contribution in [3.63, 3.8) is 0 Å². The maximum absolute atomic E-state index is 14.3. The maximum atomic E-state index is 14.3. The number of halogens is 3. The molecule has 1 aromatic heterocycles. The van der Waals surface area contributed by atoms with Crippen molar-refractivity contribution < 1.29 is 22.7 Å². The topological polar surface area (TPSA) is 70.6 Å². The van der Waals surface area contributed by atoms with Gasteiger partial charge in [0.05, 0.1) is 17.2 Å². The molecule has 4 bridgehead atoms. The lowest BCUT2D eigenvalue weighted by Gasteiger charge is -2.49. The molecule has 2 aromatic carbocycles. The van der Waals surface area contributed by atoms with E-state index in [9.17, 15) is 18.0 Å². The summed E-state index contributed by atoms with van der Waals surface area (Å²) < 4.78 is 52.4. The minimum Gasteiger partial charge on any atom is -0.475 e. The van der Waals surface area contributed by atoms with Crippen LogP contribution < -0.4 is 9.46 Å². The molecule has 2 aliphatic carbocycles. The standard InChI is InChI=1S/C32H36F3N5O2S/c1-19-7-5-8-20(2)28(19)26-16-27-37-30(36-26)38-43-25-10-6-9-21(13-25)29(41)40(23-14-22(15-23)39(3)4)24(18-42-27)17-31(11-12-31)32(33,34)35/h5-10,13,16,22-24H,11-12,14-15,17-18H2,1-4H3,(H,36,37,38). The van der Waals surface area contributed by atoms with Crippen LogP contribution in [0.5, 0.6) is 5.88 Å². The number of benzene rings is 2. The molecule has 1 atom stereocenters. The Kier molecular flexibility index (Phi) is 7.83. The zero-order valence-corrected chi connectivity index (χ0v) is 25.6. The Morgan fingerprint density at radius 3 is 2.42 bits per heavy atom. The van der Waals surface area contributed by atoms with Gasteiger partial charge in [-0.05, 0) is 101 Å². The van der Waals surface area contributed by atoms with Crippen LogP contribution in [0.2, 0.25) is 0 Å². The summed E-state index contributed by atoms with van der Waals surface area (Å²) in [5.41, 5.74) is 2.29. The van der Waals surface area contributed by atoms with E-state index < -0.39 is 17.6 Å². The van der Waals surface area contributed by atoms with Crippen LogP contribution in [0, 0.1) is 19.3 Å². The Morgan fingerprint density at radius 1 is 1.07 bits per heavy atom. The zero-order valence-electron chi connectivity index (χ0n) is 24.7. The monoisotopic (exact) mass is 611 g/mol. The number of nitrogens with one attached hydrogen (secondary N) is 1. The van der Waals surface area contributed by atoms with Gasteiger partial charge in [0.25, 0.3) is 5.91 Å². The minimum absolute atomic E-state index is 0.0599. The molecule has 2 heterocycles. The number of amides is 1. The molecule has 3 aliphatic rings. The summed E-state index contributed by atoms with van der Waals surface area (Å²) in [5, 5.41) is 0. The smallest absolute Gasteiger partial charge is 0.394 e. The van der Waals surface area contributed by atoms with Gasteiger partial charge in [-0.25, -0.2) is 4.98 Å². The number of carbonyl (C=O) groups is 1. The summed E-state index contributed by atoms with van der Waals surface area (Å²) in [5.74, 6) is 0.284. The zero-order chi connectivity index (χ0) is 30.5. The number of aryl methyl sites for hydroxylation is 2. The van der Waals surface area contributed by atoms with Crippen LogP contribution in [-0.2, 0) is 0 Å². The van der Waals surface area contributed by atoms with Crippen molar-refractivity contribution >= 4 is 23.8 Å². The molecule has 1 unspecified atom stereocenters. The van der Waals surface area contributed by atoms with Crippen molar-refractivity contribution in [1.82, 2.24) is 19.8 Å². The van der Waals surface area contributed by atoms with E-state index in [1.807, 2.05) is 52.2 Å². The number of hydrogen-bond acceptors (Lipinski definition) is 7. The molecule has 6 rings (SSSR count). The number of hydrogen-bond donors (Lipinski definition) is 1. The first kappa shape index (κ1) is 29.7. The molecule has 3 aromatic rings. The van der Waals surface area contributed by atoms with E-state index in [-0.39, 0.29) is 49.7 Å². The Hall–Kier alpha value is -3.31. The average Bonchev–Trinajstić information content (AvgIpc) is 3.72. The fraction of sp³-hybridized carbons (Fsp3) is 0.469. The van der Waals surface area contributed by atoms with E-state index >= 15 is 0 Å². The Bertz CT molecular complexity index is 1500. The van der Waals surface area contributed by atoms with E-state index in [2.05, 4.69) is 14.6 Å². The molecule has 7 nitrogen and oxygen atoms in total. The molecule has 1 N–H and O–H groups in total. The van der Waals surface area contributed by atoms with Crippen molar-refractivity contribution in [3.05, 3.63) is 65.2 Å². The molecule has 11 heteroatoms. The van der Waals surface area contributed by atoms with Crippen LogP contribution >= 0.6 is 11.9 Å². The van der Waals surface area contributed by atoms with E-state index in [0.717, 1.165) is 21.6 Å². The van der Waals surface area contributed by atoms with Crippen LogP contribution in [0.1, 0.15) is 53.6 Å². The molecule has 43 heavy (non-hydrogen) atoms. The van der Waals surface area contributed by atoms with Gasteiger partial charge in [-0.15, -0.1) is 0 Å².